The van der Waals surface area contributed by atoms with Crippen LogP contribution in [0.2, 0.25) is 0 Å². The highest BCUT2D eigenvalue weighted by Gasteiger charge is 2.42. The Morgan fingerprint density at radius 2 is 2.27 bits per heavy atom. The third-order valence-corrected chi connectivity index (χ3v) is 7.11. The van der Waals surface area contributed by atoms with Gasteiger partial charge in [-0.3, -0.25) is 4.79 Å². The molecule has 4 rings (SSSR count). The maximum absolute atomic E-state index is 12.4. The SMILES string of the molecule is Cc1occc1-c1nnc(SCC(=O)N[C@@H](C)[C@@H]2C[C@H]3CC[C@H]2C3)n1C. The molecule has 0 aliphatic heterocycles. The van der Waals surface area contributed by atoms with Gasteiger partial charge in [0.2, 0.25) is 5.91 Å². The van der Waals surface area contributed by atoms with Crippen molar-refractivity contribution >= 4 is 17.7 Å². The van der Waals surface area contributed by atoms with Crippen LogP contribution in [-0.4, -0.2) is 32.5 Å². The Labute approximate surface area is 158 Å². The first-order valence-corrected chi connectivity index (χ1v) is 10.4. The van der Waals surface area contributed by atoms with Crippen LogP contribution in [0.1, 0.15) is 38.4 Å². The van der Waals surface area contributed by atoms with Crippen molar-refractivity contribution in [3.05, 3.63) is 18.1 Å². The van der Waals surface area contributed by atoms with Crippen LogP contribution in [0.3, 0.4) is 0 Å². The molecule has 2 aromatic rings. The van der Waals surface area contributed by atoms with Gasteiger partial charge in [-0.05, 0) is 56.9 Å². The van der Waals surface area contributed by atoms with E-state index in [0.717, 1.165) is 34.1 Å². The van der Waals surface area contributed by atoms with Gasteiger partial charge in [-0.15, -0.1) is 10.2 Å². The molecule has 6 nitrogen and oxygen atoms in total. The second-order valence-corrected chi connectivity index (χ2v) is 8.68. The number of amides is 1. The minimum absolute atomic E-state index is 0.0781. The molecule has 1 N–H and O–H groups in total. The van der Waals surface area contributed by atoms with E-state index in [4.69, 9.17) is 4.42 Å². The van der Waals surface area contributed by atoms with Gasteiger partial charge in [0.15, 0.2) is 11.0 Å². The first-order valence-electron chi connectivity index (χ1n) is 9.39. The fraction of sp³-hybridized carbons (Fsp3) is 0.632. The van der Waals surface area contributed by atoms with Crippen molar-refractivity contribution in [3.63, 3.8) is 0 Å². The topological polar surface area (TPSA) is 72.9 Å². The van der Waals surface area contributed by atoms with Gasteiger partial charge in [-0.1, -0.05) is 18.2 Å². The number of fused-ring (bicyclic) bond motifs is 2. The summed E-state index contributed by atoms with van der Waals surface area (Å²) >= 11 is 1.43. The zero-order valence-corrected chi connectivity index (χ0v) is 16.4. The maximum atomic E-state index is 12.4. The van der Waals surface area contributed by atoms with Crippen LogP contribution >= 0.6 is 11.8 Å². The lowest BCUT2D eigenvalue weighted by Gasteiger charge is -2.28. The van der Waals surface area contributed by atoms with Crippen molar-refractivity contribution < 1.29 is 9.21 Å². The predicted molar refractivity (Wildman–Crippen MR) is 101 cm³/mol. The van der Waals surface area contributed by atoms with Crippen LogP contribution in [0.4, 0.5) is 0 Å². The molecule has 26 heavy (non-hydrogen) atoms. The molecule has 2 heterocycles. The van der Waals surface area contributed by atoms with Gasteiger partial charge >= 0.3 is 0 Å². The van der Waals surface area contributed by atoms with Crippen molar-refractivity contribution in [1.29, 1.82) is 0 Å². The number of nitrogens with one attached hydrogen (secondary N) is 1. The molecule has 2 aliphatic carbocycles. The first kappa shape index (κ1) is 17.6. The molecule has 2 fully saturated rings. The number of hydrogen-bond acceptors (Lipinski definition) is 5. The van der Waals surface area contributed by atoms with Crippen molar-refractivity contribution in [1.82, 2.24) is 20.1 Å². The highest BCUT2D eigenvalue weighted by Crippen LogP contribution is 2.49. The minimum atomic E-state index is 0.0781. The Hall–Kier alpha value is -1.76. The molecule has 0 aromatic carbocycles. The van der Waals surface area contributed by atoms with Crippen molar-refractivity contribution in [2.24, 2.45) is 24.8 Å². The Morgan fingerprint density at radius 1 is 1.42 bits per heavy atom. The van der Waals surface area contributed by atoms with Gasteiger partial charge in [0.25, 0.3) is 0 Å². The number of carbonyl (C=O) groups is 1. The summed E-state index contributed by atoms with van der Waals surface area (Å²) in [5.41, 5.74) is 0.932. The Kier molecular flexibility index (Phi) is 4.82. The van der Waals surface area contributed by atoms with Crippen molar-refractivity contribution in [2.75, 3.05) is 5.75 Å². The van der Waals surface area contributed by atoms with E-state index in [1.165, 1.54) is 37.4 Å². The van der Waals surface area contributed by atoms with Crippen LogP contribution in [0.15, 0.2) is 21.9 Å². The molecule has 0 unspecified atom stereocenters. The van der Waals surface area contributed by atoms with E-state index < -0.39 is 0 Å². The van der Waals surface area contributed by atoms with Gasteiger partial charge < -0.3 is 14.3 Å². The van der Waals surface area contributed by atoms with Gasteiger partial charge in [0.1, 0.15) is 5.76 Å². The molecule has 1 amide bonds. The number of furan rings is 1. The predicted octanol–water partition coefficient (Wildman–Crippen LogP) is 3.42. The largest absolute Gasteiger partial charge is 0.469 e. The van der Waals surface area contributed by atoms with Crippen LogP contribution < -0.4 is 5.32 Å². The van der Waals surface area contributed by atoms with E-state index in [9.17, 15) is 4.79 Å². The Bertz CT molecular complexity index is 799. The zero-order valence-electron chi connectivity index (χ0n) is 15.6. The highest BCUT2D eigenvalue weighted by atomic mass is 32.2. The summed E-state index contributed by atoms with van der Waals surface area (Å²) < 4.78 is 7.25. The summed E-state index contributed by atoms with van der Waals surface area (Å²) in [6, 6.07) is 2.15. The van der Waals surface area contributed by atoms with E-state index >= 15 is 0 Å². The smallest absolute Gasteiger partial charge is 0.230 e. The molecule has 140 valence electrons. The fourth-order valence-electron chi connectivity index (χ4n) is 4.73. The molecule has 2 aliphatic rings. The van der Waals surface area contributed by atoms with E-state index in [1.807, 2.05) is 24.6 Å². The number of thioether (sulfide) groups is 1. The third kappa shape index (κ3) is 3.29. The number of carbonyl (C=O) groups excluding carboxylic acids is 1. The summed E-state index contributed by atoms with van der Waals surface area (Å²) in [5.74, 6) is 4.40. The number of aromatic nitrogens is 3. The molecule has 0 radical (unpaired) electrons. The summed E-state index contributed by atoms with van der Waals surface area (Å²) in [7, 11) is 1.92. The fourth-order valence-corrected chi connectivity index (χ4v) is 5.45. The normalized spacial score (nSPS) is 25.6. The van der Waals surface area contributed by atoms with Crippen LogP contribution in [0.25, 0.3) is 11.4 Å². The summed E-state index contributed by atoms with van der Waals surface area (Å²) in [6.45, 7) is 4.07. The Balaban J connectivity index is 1.32. The van der Waals surface area contributed by atoms with Crippen LogP contribution in [0, 0.1) is 24.7 Å². The number of hydrogen-bond donors (Lipinski definition) is 1. The van der Waals surface area contributed by atoms with Gasteiger partial charge in [-0.2, -0.15) is 0 Å². The molecule has 7 heteroatoms. The molecule has 2 bridgehead atoms. The molecule has 0 spiro atoms. The van der Waals surface area contributed by atoms with E-state index in [0.29, 0.717) is 11.7 Å². The van der Waals surface area contributed by atoms with E-state index in [2.05, 4.69) is 22.4 Å². The number of aryl methyl sites for hydroxylation is 1. The second kappa shape index (κ2) is 7.10. The summed E-state index contributed by atoms with van der Waals surface area (Å²) in [6.07, 6.45) is 7.04. The number of nitrogens with zero attached hydrogens (tertiary/aromatic N) is 3. The van der Waals surface area contributed by atoms with Crippen molar-refractivity contribution in [3.8, 4) is 11.4 Å². The maximum Gasteiger partial charge on any atom is 0.230 e. The van der Waals surface area contributed by atoms with Gasteiger partial charge in [-0.25, -0.2) is 0 Å². The monoisotopic (exact) mass is 374 g/mol. The quantitative estimate of drug-likeness (QED) is 0.785. The summed E-state index contributed by atoms with van der Waals surface area (Å²) in [4.78, 5) is 12.4. The van der Waals surface area contributed by atoms with E-state index in [-0.39, 0.29) is 11.9 Å². The van der Waals surface area contributed by atoms with Gasteiger partial charge in [0, 0.05) is 13.1 Å². The lowest BCUT2D eigenvalue weighted by molar-refractivity contribution is -0.119. The third-order valence-electron chi connectivity index (χ3n) is 6.09. The number of rotatable bonds is 6. The molecular weight excluding hydrogens is 348 g/mol. The lowest BCUT2D eigenvalue weighted by Crippen LogP contribution is -2.40. The lowest BCUT2D eigenvalue weighted by atomic mass is 9.84. The van der Waals surface area contributed by atoms with Crippen molar-refractivity contribution in [2.45, 2.75) is 50.7 Å². The molecule has 4 atom stereocenters. The second-order valence-electron chi connectivity index (χ2n) is 7.74. The average Bonchev–Trinajstić information content (AvgIpc) is 3.38. The first-order chi connectivity index (χ1) is 12.5. The average molecular weight is 375 g/mol. The molecular formula is C19H26N4O2S. The van der Waals surface area contributed by atoms with E-state index in [1.54, 1.807) is 6.26 Å². The zero-order chi connectivity index (χ0) is 18.3. The van der Waals surface area contributed by atoms with Crippen LogP contribution in [-0.2, 0) is 11.8 Å². The molecule has 0 saturated heterocycles. The summed E-state index contributed by atoms with van der Waals surface area (Å²) in [5, 5.41) is 12.4. The Morgan fingerprint density at radius 3 is 2.92 bits per heavy atom. The van der Waals surface area contributed by atoms with Crippen LogP contribution in [0.5, 0.6) is 0 Å². The molecule has 2 saturated carbocycles. The highest BCUT2D eigenvalue weighted by molar-refractivity contribution is 7.99. The van der Waals surface area contributed by atoms with Gasteiger partial charge in [0.05, 0.1) is 17.6 Å². The minimum Gasteiger partial charge on any atom is -0.469 e. The molecule has 2 aromatic heterocycles. The standard InChI is InChI=1S/C19H26N4O2S/c1-11(16-9-13-4-5-14(16)8-13)20-17(24)10-26-19-22-21-18(23(19)3)15-6-7-25-12(15)2/h6-7,11,13-14,16H,4-5,8-10H2,1-3H3,(H,20,24)/t11-,13-,14-,16-/m0/s1.